The molecule has 2 aliphatic rings. The first-order valence-electron chi connectivity index (χ1n) is 9.37. The van der Waals surface area contributed by atoms with E-state index in [9.17, 15) is 4.79 Å². The van der Waals surface area contributed by atoms with E-state index in [-0.39, 0.29) is 6.54 Å². The number of aromatic nitrogens is 5. The number of rotatable bonds is 5. The van der Waals surface area contributed by atoms with Crippen LogP contribution in [0.25, 0.3) is 10.7 Å². The molecule has 0 bridgehead atoms. The molecule has 5 rings (SSSR count). The minimum Gasteiger partial charge on any atom is -0.480 e. The lowest BCUT2D eigenvalue weighted by Gasteiger charge is -2.24. The van der Waals surface area contributed by atoms with E-state index < -0.39 is 5.97 Å². The van der Waals surface area contributed by atoms with Crippen LogP contribution in [0.2, 0.25) is 0 Å². The molecule has 2 aliphatic heterocycles. The maximum atomic E-state index is 10.8. The van der Waals surface area contributed by atoms with Gasteiger partial charge in [-0.2, -0.15) is 4.80 Å². The summed E-state index contributed by atoms with van der Waals surface area (Å²) in [6.45, 7) is 3.69. The van der Waals surface area contributed by atoms with Crippen molar-refractivity contribution in [2.24, 2.45) is 11.8 Å². The molecule has 0 amide bonds. The Balaban J connectivity index is 1.25. The second-order valence-electron chi connectivity index (χ2n) is 7.47. The number of halogens is 2. The number of carboxylic acid groups (broad SMARTS) is 1. The predicted molar refractivity (Wildman–Crippen MR) is 120 cm³/mol. The van der Waals surface area contributed by atoms with Crippen molar-refractivity contribution in [3.8, 4) is 10.7 Å². The number of anilines is 2. The van der Waals surface area contributed by atoms with Gasteiger partial charge in [0.25, 0.3) is 0 Å². The summed E-state index contributed by atoms with van der Waals surface area (Å²) in [4.78, 5) is 22.0. The molecule has 2 atom stereocenters. The van der Waals surface area contributed by atoms with Crippen LogP contribution in [-0.4, -0.2) is 62.4 Å². The highest BCUT2D eigenvalue weighted by Crippen LogP contribution is 2.40. The molecule has 4 heterocycles. The number of aliphatic carboxylic acids is 1. The summed E-state index contributed by atoms with van der Waals surface area (Å²) in [5, 5.41) is 21.6. The molecule has 0 saturated carbocycles. The minimum absolute atomic E-state index is 0.307. The summed E-state index contributed by atoms with van der Waals surface area (Å²) in [6.07, 6.45) is 1.74. The second-order valence-corrected chi connectivity index (χ2v) is 10.2. The fraction of sp³-hybridized carbons (Fsp3) is 0.389. The van der Waals surface area contributed by atoms with Gasteiger partial charge in [0.1, 0.15) is 0 Å². The fourth-order valence-electron chi connectivity index (χ4n) is 4.12. The van der Waals surface area contributed by atoms with E-state index in [2.05, 4.69) is 74.2 Å². The summed E-state index contributed by atoms with van der Waals surface area (Å²) < 4.78 is 2.21. The van der Waals surface area contributed by atoms with Crippen LogP contribution >= 0.6 is 43.2 Å². The van der Waals surface area contributed by atoms with E-state index in [4.69, 9.17) is 5.11 Å². The topological polar surface area (TPSA) is 100 Å². The molecule has 0 aliphatic carbocycles. The molecular weight excluding hydrogens is 538 g/mol. The van der Waals surface area contributed by atoms with Gasteiger partial charge in [-0.05, 0) is 39.3 Å². The Morgan fingerprint density at radius 1 is 1.17 bits per heavy atom. The normalized spacial score (nSPS) is 20.7. The van der Waals surface area contributed by atoms with Crippen LogP contribution in [0.5, 0.6) is 0 Å². The van der Waals surface area contributed by atoms with Gasteiger partial charge in [0.15, 0.2) is 11.7 Å². The fourth-order valence-corrected chi connectivity index (χ4v) is 5.82. The van der Waals surface area contributed by atoms with Gasteiger partial charge in [0.05, 0.1) is 16.8 Å². The lowest BCUT2D eigenvalue weighted by Crippen LogP contribution is -2.28. The van der Waals surface area contributed by atoms with Crippen LogP contribution in [0.1, 0.15) is 0 Å². The van der Waals surface area contributed by atoms with E-state index in [1.807, 2.05) is 6.07 Å². The molecule has 1 N–H and O–H groups in total. The first-order chi connectivity index (χ1) is 14.5. The van der Waals surface area contributed by atoms with Gasteiger partial charge >= 0.3 is 5.97 Å². The van der Waals surface area contributed by atoms with Gasteiger partial charge in [-0.15, -0.1) is 10.2 Å². The van der Waals surface area contributed by atoms with Gasteiger partial charge in [0, 0.05) is 47.0 Å². The zero-order valence-corrected chi connectivity index (χ0v) is 19.6. The third kappa shape index (κ3) is 3.83. The van der Waals surface area contributed by atoms with Crippen molar-refractivity contribution in [3.05, 3.63) is 33.3 Å². The number of carbonyl (C=O) groups is 1. The summed E-state index contributed by atoms with van der Waals surface area (Å²) >= 11 is 8.77. The van der Waals surface area contributed by atoms with Crippen molar-refractivity contribution < 1.29 is 9.90 Å². The quantitative estimate of drug-likeness (QED) is 0.514. The number of nitrogens with zero attached hydrogens (tertiary/aromatic N) is 7. The highest BCUT2D eigenvalue weighted by Gasteiger charge is 2.41. The predicted octanol–water partition coefficient (Wildman–Crippen LogP) is 2.98. The van der Waals surface area contributed by atoms with Gasteiger partial charge in [-0.25, -0.2) is 4.98 Å². The van der Waals surface area contributed by atoms with Crippen molar-refractivity contribution in [2.75, 3.05) is 36.0 Å². The van der Waals surface area contributed by atoms with Crippen molar-refractivity contribution in [1.82, 2.24) is 25.2 Å². The number of hydrogen-bond donors (Lipinski definition) is 1. The zero-order chi connectivity index (χ0) is 20.8. The Hall–Kier alpha value is -2.05. The molecule has 0 spiro atoms. The third-order valence-electron chi connectivity index (χ3n) is 5.45. The Labute approximate surface area is 193 Å². The van der Waals surface area contributed by atoms with Crippen molar-refractivity contribution in [3.63, 3.8) is 0 Å². The Morgan fingerprint density at radius 3 is 2.63 bits per heavy atom. The molecular formula is C18H17Br2N7O2S. The van der Waals surface area contributed by atoms with E-state index in [0.717, 1.165) is 49.9 Å². The third-order valence-corrected chi connectivity index (χ3v) is 7.67. The van der Waals surface area contributed by atoms with Crippen molar-refractivity contribution in [2.45, 2.75) is 6.54 Å². The highest BCUT2D eigenvalue weighted by molar-refractivity contribution is 9.11. The van der Waals surface area contributed by atoms with Gasteiger partial charge in [-0.1, -0.05) is 27.3 Å². The summed E-state index contributed by atoms with van der Waals surface area (Å²) in [5.74, 6) is 0.595. The van der Waals surface area contributed by atoms with Crippen LogP contribution in [-0.2, 0) is 11.3 Å². The molecule has 3 aromatic rings. The largest absolute Gasteiger partial charge is 0.480 e. The van der Waals surface area contributed by atoms with Gasteiger partial charge in [-0.3, -0.25) is 4.79 Å². The van der Waals surface area contributed by atoms with Crippen LogP contribution in [0.3, 0.4) is 0 Å². The summed E-state index contributed by atoms with van der Waals surface area (Å²) in [7, 11) is 0. The number of tetrazole rings is 1. The van der Waals surface area contributed by atoms with Gasteiger partial charge in [0.2, 0.25) is 5.82 Å². The second kappa shape index (κ2) is 7.89. The average molecular weight is 555 g/mol. The molecule has 0 radical (unpaired) electrons. The smallest absolute Gasteiger partial charge is 0.327 e. The van der Waals surface area contributed by atoms with Gasteiger partial charge < -0.3 is 14.9 Å². The molecule has 9 nitrogen and oxygen atoms in total. The van der Waals surface area contributed by atoms with Crippen LogP contribution in [0, 0.1) is 11.8 Å². The SMILES string of the molecule is O=C(O)Cn1nnc(-c2cnc(N3CC4CN(c5cc(Br)ccc5Br)CC4C3)s2)n1. The maximum absolute atomic E-state index is 10.8. The number of hydrogen-bond acceptors (Lipinski definition) is 8. The molecule has 30 heavy (non-hydrogen) atoms. The average Bonchev–Trinajstić information content (AvgIpc) is 3.44. The van der Waals surface area contributed by atoms with Crippen molar-refractivity contribution >= 4 is 60.0 Å². The number of thiazole rings is 1. The number of fused-ring (bicyclic) bond motifs is 1. The molecule has 156 valence electrons. The molecule has 2 aromatic heterocycles. The number of carboxylic acids is 1. The first kappa shape index (κ1) is 19.9. The Kier molecular flexibility index (Phi) is 5.23. The van der Waals surface area contributed by atoms with E-state index >= 15 is 0 Å². The summed E-state index contributed by atoms with van der Waals surface area (Å²) in [6, 6.07) is 6.29. The highest BCUT2D eigenvalue weighted by atomic mass is 79.9. The minimum atomic E-state index is -1.00. The standard InChI is InChI=1S/C18H17Br2N7O2S/c19-12-1-2-13(20)14(3-12)25-5-10-7-26(8-11(10)6-25)18-21-4-15(30-18)17-22-24-27(23-17)9-16(28)29/h1-4,10-11H,5-9H2,(H,28,29). The van der Waals surface area contributed by atoms with E-state index in [1.165, 1.54) is 17.0 Å². The molecule has 2 fully saturated rings. The molecule has 2 saturated heterocycles. The van der Waals surface area contributed by atoms with Crippen LogP contribution < -0.4 is 9.80 Å². The van der Waals surface area contributed by atoms with Crippen LogP contribution in [0.4, 0.5) is 10.8 Å². The molecule has 2 unspecified atom stereocenters. The Morgan fingerprint density at radius 2 is 1.90 bits per heavy atom. The number of benzene rings is 1. The van der Waals surface area contributed by atoms with E-state index in [0.29, 0.717) is 17.7 Å². The zero-order valence-electron chi connectivity index (χ0n) is 15.6. The lowest BCUT2D eigenvalue weighted by atomic mass is 10.0. The summed E-state index contributed by atoms with van der Waals surface area (Å²) in [5.41, 5.74) is 1.23. The molecule has 12 heteroatoms. The lowest BCUT2D eigenvalue weighted by molar-refractivity contribution is -0.138. The van der Waals surface area contributed by atoms with E-state index in [1.54, 1.807) is 6.20 Å². The Bertz CT molecular complexity index is 1090. The molecule has 1 aromatic carbocycles. The monoisotopic (exact) mass is 553 g/mol. The van der Waals surface area contributed by atoms with Crippen molar-refractivity contribution in [1.29, 1.82) is 0 Å². The maximum Gasteiger partial charge on any atom is 0.327 e. The first-order valence-corrected chi connectivity index (χ1v) is 11.8. The van der Waals surface area contributed by atoms with Crippen LogP contribution in [0.15, 0.2) is 33.3 Å².